The Morgan fingerprint density at radius 1 is 0.475 bits per heavy atom. The van der Waals surface area contributed by atoms with Crippen molar-refractivity contribution < 1.29 is 19.2 Å². The zero-order valence-electron chi connectivity index (χ0n) is 21.3. The topological polar surface area (TPSA) is 92.3 Å². The molecule has 0 radical (unpaired) electrons. The summed E-state index contributed by atoms with van der Waals surface area (Å²) in [6, 6.07) is 25.4. The van der Waals surface area contributed by atoms with E-state index in [4.69, 9.17) is 0 Å². The van der Waals surface area contributed by atoms with Crippen LogP contribution < -0.4 is 10.6 Å². The maximum atomic E-state index is 12.8. The Hall–Kier alpha value is -5.36. The predicted octanol–water partition coefficient (Wildman–Crippen LogP) is 6.15. The summed E-state index contributed by atoms with van der Waals surface area (Å²) in [5.41, 5.74) is 7.60. The Morgan fingerprint density at radius 3 is 1.18 bits per heavy atom. The summed E-state index contributed by atoms with van der Waals surface area (Å²) < 4.78 is 0. The molecule has 0 saturated carbocycles. The summed E-state index contributed by atoms with van der Waals surface area (Å²) in [7, 11) is 0. The normalized spacial score (nSPS) is 15.3. The van der Waals surface area contributed by atoms with Gasteiger partial charge in [0, 0.05) is 46.7 Å². The van der Waals surface area contributed by atoms with Crippen LogP contribution in [0, 0.1) is 0 Å². The van der Waals surface area contributed by atoms with Gasteiger partial charge in [-0.05, 0) is 58.7 Å². The second kappa shape index (κ2) is 9.13. The minimum atomic E-state index is -0.242. The van der Waals surface area contributed by atoms with Gasteiger partial charge in [0.15, 0.2) is 23.1 Å². The first-order valence-electron chi connectivity index (χ1n) is 13.0. The minimum Gasteiger partial charge on any atom is -0.381 e. The third-order valence-electron chi connectivity index (χ3n) is 7.63. The number of hydrogen-bond donors (Lipinski definition) is 2. The monoisotopic (exact) mass is 522 g/mol. The maximum Gasteiger partial charge on any atom is 0.197 e. The smallest absolute Gasteiger partial charge is 0.197 e. The number of ketones is 4. The molecule has 0 amide bonds. The molecular formula is C34H22N2O4. The van der Waals surface area contributed by atoms with Crippen LogP contribution in [0.3, 0.4) is 0 Å². The van der Waals surface area contributed by atoms with Gasteiger partial charge in [0.25, 0.3) is 0 Å². The lowest BCUT2D eigenvalue weighted by atomic mass is 10.0. The molecule has 2 aliphatic carbocycles. The highest BCUT2D eigenvalue weighted by Gasteiger charge is 2.33. The van der Waals surface area contributed by atoms with E-state index in [0.717, 1.165) is 33.6 Å². The van der Waals surface area contributed by atoms with Crippen molar-refractivity contribution in [2.24, 2.45) is 0 Å². The van der Waals surface area contributed by atoms with Crippen LogP contribution in [0.5, 0.6) is 0 Å². The molecule has 40 heavy (non-hydrogen) atoms. The fraction of sp³-hybridized carbons (Fsp3) is 0.0588. The van der Waals surface area contributed by atoms with Crippen LogP contribution in [0.1, 0.15) is 63.7 Å². The van der Waals surface area contributed by atoms with E-state index >= 15 is 0 Å². The maximum absolute atomic E-state index is 12.8. The van der Waals surface area contributed by atoms with Gasteiger partial charge in [0.1, 0.15) is 0 Å². The Labute approximate surface area is 230 Å². The van der Waals surface area contributed by atoms with Crippen molar-refractivity contribution in [1.82, 2.24) is 0 Å². The first kappa shape index (κ1) is 23.7. The van der Waals surface area contributed by atoms with E-state index in [1.165, 1.54) is 0 Å². The summed E-state index contributed by atoms with van der Waals surface area (Å²) in [6.07, 6.45) is 3.34. The van der Waals surface area contributed by atoms with E-state index in [9.17, 15) is 19.2 Å². The third kappa shape index (κ3) is 3.81. The molecule has 0 spiro atoms. The van der Waals surface area contributed by atoms with Gasteiger partial charge in [-0.3, -0.25) is 19.2 Å². The Balaban J connectivity index is 1.13. The van der Waals surface area contributed by atoms with Gasteiger partial charge < -0.3 is 10.6 Å². The van der Waals surface area contributed by atoms with Crippen molar-refractivity contribution in [3.8, 4) is 0 Å². The van der Waals surface area contributed by atoms with Crippen LogP contribution in [-0.4, -0.2) is 23.1 Å². The molecule has 0 saturated heterocycles. The Morgan fingerprint density at radius 2 is 0.825 bits per heavy atom. The van der Waals surface area contributed by atoms with Crippen molar-refractivity contribution >= 4 is 46.7 Å². The van der Waals surface area contributed by atoms with Gasteiger partial charge in [0.2, 0.25) is 0 Å². The zero-order valence-corrected chi connectivity index (χ0v) is 21.3. The van der Waals surface area contributed by atoms with Crippen LogP contribution >= 0.6 is 0 Å². The van der Waals surface area contributed by atoms with Gasteiger partial charge >= 0.3 is 0 Å². The molecule has 0 unspecified atom stereocenters. The zero-order chi connectivity index (χ0) is 27.4. The predicted molar refractivity (Wildman–Crippen MR) is 154 cm³/mol. The number of carbonyl (C=O) groups excluding carboxylic acids is 4. The van der Waals surface area contributed by atoms with E-state index in [-0.39, 0.29) is 34.3 Å². The molecule has 3 aliphatic rings. The van der Waals surface area contributed by atoms with Crippen LogP contribution in [0.25, 0.3) is 12.2 Å². The summed E-state index contributed by atoms with van der Waals surface area (Å²) in [4.78, 5) is 51.3. The van der Waals surface area contributed by atoms with Gasteiger partial charge in [-0.2, -0.15) is 0 Å². The van der Waals surface area contributed by atoms with Crippen molar-refractivity contribution in [1.29, 1.82) is 0 Å². The quantitative estimate of drug-likeness (QED) is 0.242. The van der Waals surface area contributed by atoms with Gasteiger partial charge in [-0.1, -0.05) is 60.7 Å². The SMILES string of the molecule is O=C1C(=Cc2ccc3c(c2)CNc2ccc(C=C4C(=O)c5ccccc5C4=O)cc2CN3)C(=O)c2ccccc21. The standard InChI is InChI=1S/C34H22N2O4/c37-31-23-5-1-2-6-24(23)32(38)27(31)15-19-9-11-29-21(13-19)17-35-30-12-10-20(14-22(30)18-36-29)16-28-33(39)25-7-3-4-8-26(25)34(28)40/h1-16,35-36H,17-18H2. The second-order valence-electron chi connectivity index (χ2n) is 10.1. The van der Waals surface area contributed by atoms with Crippen molar-refractivity contribution in [3.63, 3.8) is 0 Å². The molecule has 1 aliphatic heterocycles. The Bertz CT molecular complexity index is 1670. The van der Waals surface area contributed by atoms with Crippen molar-refractivity contribution in [3.05, 3.63) is 141 Å². The summed E-state index contributed by atoms with van der Waals surface area (Å²) in [5.74, 6) is -0.970. The van der Waals surface area contributed by atoms with Gasteiger partial charge in [-0.25, -0.2) is 0 Å². The third-order valence-corrected chi connectivity index (χ3v) is 7.63. The van der Waals surface area contributed by atoms with E-state index in [2.05, 4.69) is 10.6 Å². The van der Waals surface area contributed by atoms with Crippen LogP contribution in [0.2, 0.25) is 0 Å². The van der Waals surface area contributed by atoms with Crippen LogP contribution in [-0.2, 0) is 13.1 Å². The minimum absolute atomic E-state index is 0.183. The van der Waals surface area contributed by atoms with Crippen LogP contribution in [0.4, 0.5) is 11.4 Å². The van der Waals surface area contributed by atoms with Crippen molar-refractivity contribution in [2.75, 3.05) is 10.6 Å². The fourth-order valence-corrected chi connectivity index (χ4v) is 5.57. The number of fused-ring (bicyclic) bond motifs is 4. The van der Waals surface area contributed by atoms with E-state index in [1.54, 1.807) is 60.7 Å². The lowest BCUT2D eigenvalue weighted by Crippen LogP contribution is -2.13. The summed E-state index contributed by atoms with van der Waals surface area (Å²) in [6.45, 7) is 1.06. The number of allylic oxidation sites excluding steroid dienone is 2. The van der Waals surface area contributed by atoms with E-state index in [1.807, 2.05) is 36.4 Å². The van der Waals surface area contributed by atoms with Gasteiger partial charge in [-0.15, -0.1) is 0 Å². The van der Waals surface area contributed by atoms with E-state index < -0.39 is 0 Å². The molecule has 0 aromatic heterocycles. The number of rotatable bonds is 2. The number of Topliss-reactive ketones (excluding diaryl/α,β-unsaturated/α-hetero) is 4. The average Bonchev–Trinajstić information content (AvgIpc) is 3.35. The molecule has 2 N–H and O–H groups in total. The average molecular weight is 523 g/mol. The molecule has 6 nitrogen and oxygen atoms in total. The number of anilines is 2. The molecule has 0 fully saturated rings. The first-order valence-corrected chi connectivity index (χ1v) is 13.0. The molecule has 0 bridgehead atoms. The molecule has 4 aromatic rings. The first-order chi connectivity index (χ1) is 19.5. The summed E-state index contributed by atoms with van der Waals surface area (Å²) >= 11 is 0. The molecule has 7 rings (SSSR count). The number of nitrogens with one attached hydrogen (secondary N) is 2. The number of benzene rings is 4. The lowest BCUT2D eigenvalue weighted by molar-refractivity contribution is 0.0975. The van der Waals surface area contributed by atoms with E-state index in [0.29, 0.717) is 35.3 Å². The van der Waals surface area contributed by atoms with Gasteiger partial charge in [0.05, 0.1) is 11.1 Å². The number of carbonyl (C=O) groups is 4. The van der Waals surface area contributed by atoms with Crippen molar-refractivity contribution in [2.45, 2.75) is 13.1 Å². The highest BCUT2D eigenvalue weighted by molar-refractivity contribution is 6.42. The summed E-state index contributed by atoms with van der Waals surface area (Å²) in [5, 5.41) is 6.95. The molecular weight excluding hydrogens is 500 g/mol. The van der Waals surface area contributed by atoms with Crippen LogP contribution in [0.15, 0.2) is 96.1 Å². The highest BCUT2D eigenvalue weighted by atomic mass is 16.2. The highest BCUT2D eigenvalue weighted by Crippen LogP contribution is 2.32. The second-order valence-corrected chi connectivity index (χ2v) is 10.1. The molecule has 0 atom stereocenters. The largest absolute Gasteiger partial charge is 0.381 e. The fourth-order valence-electron chi connectivity index (χ4n) is 5.57. The molecule has 1 heterocycles. The lowest BCUT2D eigenvalue weighted by Gasteiger charge is -2.21. The molecule has 4 aromatic carbocycles. The Kier molecular flexibility index (Phi) is 5.42. The molecule has 192 valence electrons. The molecule has 6 heteroatoms. The number of hydrogen-bond acceptors (Lipinski definition) is 6.